The van der Waals surface area contributed by atoms with Crippen LogP contribution >= 0.6 is 0 Å². The van der Waals surface area contributed by atoms with Crippen LogP contribution in [0.1, 0.15) is 21.5 Å². The van der Waals surface area contributed by atoms with Crippen LogP contribution in [0.15, 0.2) is 54.7 Å². The lowest BCUT2D eigenvalue weighted by Crippen LogP contribution is -2.09. The molecule has 0 unspecified atom stereocenters. The van der Waals surface area contributed by atoms with E-state index in [1.54, 1.807) is 32.5 Å². The zero-order chi connectivity index (χ0) is 22.1. The van der Waals surface area contributed by atoms with Crippen molar-refractivity contribution in [1.29, 1.82) is 0 Å². The summed E-state index contributed by atoms with van der Waals surface area (Å²) in [6.07, 6.45) is 2.51. The first-order valence-corrected chi connectivity index (χ1v) is 9.82. The molecule has 0 aliphatic rings. The van der Waals surface area contributed by atoms with E-state index in [4.69, 9.17) is 14.2 Å². The molecule has 0 atom stereocenters. The van der Waals surface area contributed by atoms with Crippen molar-refractivity contribution in [1.82, 2.24) is 9.97 Å². The summed E-state index contributed by atoms with van der Waals surface area (Å²) < 4.78 is 15.3. The fraction of sp³-hybridized carbons (Fsp3) is 0.261. The summed E-state index contributed by atoms with van der Waals surface area (Å²) in [5, 5.41) is 6.50. The van der Waals surface area contributed by atoms with Crippen molar-refractivity contribution in [3.05, 3.63) is 71.4 Å². The number of benzene rings is 2. The third-order valence-corrected chi connectivity index (χ3v) is 4.65. The molecular weight excluding hydrogens is 396 g/mol. The van der Waals surface area contributed by atoms with E-state index in [0.717, 1.165) is 23.4 Å². The summed E-state index contributed by atoms with van der Waals surface area (Å²) in [6.45, 7) is 1.25. The van der Waals surface area contributed by atoms with Crippen molar-refractivity contribution in [3.8, 4) is 11.5 Å². The van der Waals surface area contributed by atoms with Crippen LogP contribution in [-0.4, -0.2) is 43.8 Å². The van der Waals surface area contributed by atoms with E-state index in [1.165, 1.54) is 7.11 Å². The number of carbonyl (C=O) groups is 1. The Morgan fingerprint density at radius 1 is 0.903 bits per heavy atom. The number of esters is 1. The summed E-state index contributed by atoms with van der Waals surface area (Å²) in [5.41, 5.74) is 2.65. The third kappa shape index (κ3) is 6.08. The first-order chi connectivity index (χ1) is 15.1. The van der Waals surface area contributed by atoms with Gasteiger partial charge in [0.25, 0.3) is 0 Å². The molecule has 0 saturated heterocycles. The largest absolute Gasteiger partial charge is 0.493 e. The van der Waals surface area contributed by atoms with Crippen LogP contribution in [0.5, 0.6) is 11.5 Å². The van der Waals surface area contributed by atoms with Crippen molar-refractivity contribution in [2.75, 3.05) is 38.5 Å². The number of nitrogens with zero attached hydrogens (tertiary/aromatic N) is 2. The average molecular weight is 422 g/mol. The van der Waals surface area contributed by atoms with Gasteiger partial charge in [0.1, 0.15) is 5.82 Å². The Kier molecular flexibility index (Phi) is 7.64. The van der Waals surface area contributed by atoms with Crippen molar-refractivity contribution in [3.63, 3.8) is 0 Å². The van der Waals surface area contributed by atoms with Gasteiger partial charge in [-0.3, -0.25) is 0 Å². The average Bonchev–Trinajstić information content (AvgIpc) is 2.82. The van der Waals surface area contributed by atoms with E-state index in [2.05, 4.69) is 20.6 Å². The van der Waals surface area contributed by atoms with Crippen LogP contribution in [0.3, 0.4) is 0 Å². The first-order valence-electron chi connectivity index (χ1n) is 9.82. The fourth-order valence-corrected chi connectivity index (χ4v) is 2.97. The number of anilines is 2. The molecule has 31 heavy (non-hydrogen) atoms. The van der Waals surface area contributed by atoms with E-state index in [-0.39, 0.29) is 5.97 Å². The predicted molar refractivity (Wildman–Crippen MR) is 119 cm³/mol. The minimum absolute atomic E-state index is 0.352. The van der Waals surface area contributed by atoms with Gasteiger partial charge in [0.05, 0.1) is 26.9 Å². The number of methoxy groups -OCH3 is 3. The van der Waals surface area contributed by atoms with Crippen molar-refractivity contribution < 1.29 is 19.0 Å². The van der Waals surface area contributed by atoms with Gasteiger partial charge < -0.3 is 24.8 Å². The number of hydrogen-bond acceptors (Lipinski definition) is 8. The van der Waals surface area contributed by atoms with E-state index in [9.17, 15) is 4.79 Å². The Labute approximate surface area is 181 Å². The maximum absolute atomic E-state index is 11.5. The molecule has 1 heterocycles. The van der Waals surface area contributed by atoms with Crippen LogP contribution in [-0.2, 0) is 17.7 Å². The first kappa shape index (κ1) is 21.9. The molecule has 0 saturated carbocycles. The van der Waals surface area contributed by atoms with Gasteiger partial charge in [-0.1, -0.05) is 18.2 Å². The summed E-state index contributed by atoms with van der Waals surface area (Å²) in [6, 6.07) is 14.9. The number of aromatic nitrogens is 2. The molecular formula is C23H26N4O4. The van der Waals surface area contributed by atoms with Gasteiger partial charge in [-0.2, -0.15) is 4.98 Å². The smallest absolute Gasteiger partial charge is 0.337 e. The molecule has 3 rings (SSSR count). The number of carbonyl (C=O) groups excluding carboxylic acids is 1. The zero-order valence-electron chi connectivity index (χ0n) is 17.8. The second-order valence-electron chi connectivity index (χ2n) is 6.67. The molecule has 1 aromatic heterocycles. The Hall–Kier alpha value is -3.81. The highest BCUT2D eigenvalue weighted by Crippen LogP contribution is 2.27. The fourth-order valence-electron chi connectivity index (χ4n) is 2.97. The Balaban J connectivity index is 1.51. The van der Waals surface area contributed by atoms with Crippen LogP contribution in [0.2, 0.25) is 0 Å². The molecule has 0 aliphatic heterocycles. The monoisotopic (exact) mass is 422 g/mol. The van der Waals surface area contributed by atoms with Crippen LogP contribution in [0, 0.1) is 0 Å². The van der Waals surface area contributed by atoms with E-state index in [0.29, 0.717) is 36.1 Å². The van der Waals surface area contributed by atoms with Crippen molar-refractivity contribution in [2.24, 2.45) is 0 Å². The Morgan fingerprint density at radius 3 is 2.35 bits per heavy atom. The van der Waals surface area contributed by atoms with Crippen LogP contribution in [0.25, 0.3) is 0 Å². The van der Waals surface area contributed by atoms with E-state index >= 15 is 0 Å². The molecule has 8 heteroatoms. The van der Waals surface area contributed by atoms with Gasteiger partial charge in [0, 0.05) is 19.3 Å². The van der Waals surface area contributed by atoms with Gasteiger partial charge >= 0.3 is 5.97 Å². The molecule has 0 fully saturated rings. The second kappa shape index (κ2) is 10.8. The lowest BCUT2D eigenvalue weighted by molar-refractivity contribution is 0.0600. The molecule has 3 aromatic rings. The third-order valence-electron chi connectivity index (χ3n) is 4.65. The van der Waals surface area contributed by atoms with Gasteiger partial charge in [-0.15, -0.1) is 0 Å². The molecule has 0 spiro atoms. The standard InChI is InChI=1S/C23H26N4O4/c1-29-19-9-6-16(14-20(19)30-2)10-12-24-21-11-13-25-23(27-21)26-15-17-4-7-18(8-5-17)22(28)31-3/h4-9,11,13-14H,10,12,15H2,1-3H3,(H2,24,25,26,27). The zero-order valence-corrected chi connectivity index (χ0v) is 17.8. The molecule has 2 aromatic carbocycles. The van der Waals surface area contributed by atoms with E-state index < -0.39 is 0 Å². The minimum atomic E-state index is -0.352. The van der Waals surface area contributed by atoms with Crippen molar-refractivity contribution >= 4 is 17.7 Å². The summed E-state index contributed by atoms with van der Waals surface area (Å²) in [5.74, 6) is 2.33. The summed E-state index contributed by atoms with van der Waals surface area (Å²) in [4.78, 5) is 20.2. The topological polar surface area (TPSA) is 94.6 Å². The summed E-state index contributed by atoms with van der Waals surface area (Å²) >= 11 is 0. The normalized spacial score (nSPS) is 10.3. The maximum Gasteiger partial charge on any atom is 0.337 e. The van der Waals surface area contributed by atoms with Crippen LogP contribution < -0.4 is 20.1 Å². The van der Waals surface area contributed by atoms with Gasteiger partial charge in [-0.25, -0.2) is 9.78 Å². The van der Waals surface area contributed by atoms with Crippen LogP contribution in [0.4, 0.5) is 11.8 Å². The highest BCUT2D eigenvalue weighted by molar-refractivity contribution is 5.89. The minimum Gasteiger partial charge on any atom is -0.493 e. The molecule has 0 aliphatic carbocycles. The SMILES string of the molecule is COC(=O)c1ccc(CNc2nccc(NCCc3ccc(OC)c(OC)c3)n2)cc1. The lowest BCUT2D eigenvalue weighted by atomic mass is 10.1. The predicted octanol–water partition coefficient (Wildman–Crippen LogP) is 3.55. The quantitative estimate of drug-likeness (QED) is 0.479. The van der Waals surface area contributed by atoms with Gasteiger partial charge in [-0.05, 0) is 47.9 Å². The van der Waals surface area contributed by atoms with Gasteiger partial charge in [0.15, 0.2) is 11.5 Å². The summed E-state index contributed by atoms with van der Waals surface area (Å²) in [7, 11) is 4.62. The number of hydrogen-bond donors (Lipinski definition) is 2. The lowest BCUT2D eigenvalue weighted by Gasteiger charge is -2.11. The highest BCUT2D eigenvalue weighted by atomic mass is 16.5. The molecule has 2 N–H and O–H groups in total. The molecule has 162 valence electrons. The number of ether oxygens (including phenoxy) is 3. The Morgan fingerprint density at radius 2 is 1.65 bits per heavy atom. The molecule has 0 radical (unpaired) electrons. The Bertz CT molecular complexity index is 1010. The number of nitrogens with one attached hydrogen (secondary N) is 2. The molecule has 0 amide bonds. The molecule has 0 bridgehead atoms. The maximum atomic E-state index is 11.5. The number of rotatable bonds is 10. The van der Waals surface area contributed by atoms with Crippen molar-refractivity contribution in [2.45, 2.75) is 13.0 Å². The van der Waals surface area contributed by atoms with Gasteiger partial charge in [0.2, 0.25) is 5.95 Å². The molecule has 8 nitrogen and oxygen atoms in total. The van der Waals surface area contributed by atoms with E-state index in [1.807, 2.05) is 36.4 Å². The highest BCUT2D eigenvalue weighted by Gasteiger charge is 2.06. The second-order valence-corrected chi connectivity index (χ2v) is 6.67.